The maximum absolute atomic E-state index is 12.3. The van der Waals surface area contributed by atoms with Gasteiger partial charge in [-0.25, -0.2) is 4.68 Å². The van der Waals surface area contributed by atoms with Gasteiger partial charge in [-0.3, -0.25) is 20.4 Å². The lowest BCUT2D eigenvalue weighted by atomic mass is 10.2. The minimum atomic E-state index is -0.798. The van der Waals surface area contributed by atoms with Crippen molar-refractivity contribution in [3.8, 4) is 17.2 Å². The molecule has 8 nitrogen and oxygen atoms in total. The van der Waals surface area contributed by atoms with Gasteiger partial charge in [-0.1, -0.05) is 0 Å². The average molecular weight is 408 g/mol. The van der Waals surface area contributed by atoms with E-state index in [1.807, 2.05) is 19.9 Å². The zero-order valence-electron chi connectivity index (χ0n) is 17.1. The van der Waals surface area contributed by atoms with E-state index < -0.39 is 17.9 Å². The van der Waals surface area contributed by atoms with Crippen LogP contribution in [0.25, 0.3) is 5.69 Å². The van der Waals surface area contributed by atoms with Gasteiger partial charge in [0.15, 0.2) is 6.10 Å². The van der Waals surface area contributed by atoms with Crippen molar-refractivity contribution >= 4 is 11.8 Å². The molecule has 0 aliphatic carbocycles. The van der Waals surface area contributed by atoms with Gasteiger partial charge in [-0.05, 0) is 75.4 Å². The van der Waals surface area contributed by atoms with Gasteiger partial charge in [0.2, 0.25) is 0 Å². The molecule has 1 aromatic heterocycles. The minimum Gasteiger partial charge on any atom is -0.494 e. The molecule has 2 aromatic carbocycles. The Morgan fingerprint density at radius 2 is 1.67 bits per heavy atom. The Kier molecular flexibility index (Phi) is 6.69. The summed E-state index contributed by atoms with van der Waals surface area (Å²) in [4.78, 5) is 24.5. The summed E-state index contributed by atoms with van der Waals surface area (Å²) in [6.45, 7) is 6.02. The summed E-state index contributed by atoms with van der Waals surface area (Å²) in [5, 5.41) is 4.23. The Balaban J connectivity index is 1.51. The first-order chi connectivity index (χ1) is 14.5. The number of rotatable bonds is 7. The summed E-state index contributed by atoms with van der Waals surface area (Å²) in [5.41, 5.74) is 7.01. The van der Waals surface area contributed by atoms with Crippen molar-refractivity contribution in [1.82, 2.24) is 20.6 Å². The highest BCUT2D eigenvalue weighted by Crippen LogP contribution is 2.18. The van der Waals surface area contributed by atoms with Crippen molar-refractivity contribution in [3.05, 3.63) is 72.1 Å². The summed E-state index contributed by atoms with van der Waals surface area (Å²) < 4.78 is 12.7. The maximum atomic E-state index is 12.3. The van der Waals surface area contributed by atoms with Crippen LogP contribution in [0.15, 0.2) is 60.8 Å². The number of carbonyl (C=O) groups is 2. The van der Waals surface area contributed by atoms with Crippen LogP contribution < -0.4 is 20.3 Å². The number of aromatic nitrogens is 2. The highest BCUT2D eigenvalue weighted by Gasteiger charge is 2.16. The largest absolute Gasteiger partial charge is 0.494 e. The molecule has 2 N–H and O–H groups in total. The summed E-state index contributed by atoms with van der Waals surface area (Å²) in [6.07, 6.45) is 0.913. The molecule has 3 aromatic rings. The van der Waals surface area contributed by atoms with Crippen molar-refractivity contribution in [2.24, 2.45) is 0 Å². The Morgan fingerprint density at radius 3 is 2.27 bits per heavy atom. The molecule has 0 bridgehead atoms. The second kappa shape index (κ2) is 9.60. The first-order valence-electron chi connectivity index (χ1n) is 9.58. The van der Waals surface area contributed by atoms with Crippen LogP contribution in [0, 0.1) is 6.92 Å². The van der Waals surface area contributed by atoms with E-state index in [4.69, 9.17) is 9.47 Å². The molecule has 3 rings (SSSR count). The number of hydrazine groups is 1. The molecule has 0 spiro atoms. The number of hydrogen-bond acceptors (Lipinski definition) is 5. The number of aryl methyl sites for hydroxylation is 1. The average Bonchev–Trinajstić information content (AvgIpc) is 3.19. The number of benzene rings is 2. The molecule has 0 saturated heterocycles. The van der Waals surface area contributed by atoms with Gasteiger partial charge in [-0.15, -0.1) is 0 Å². The molecule has 2 amide bonds. The molecule has 1 heterocycles. The standard InChI is InChI=1S/C22H24N4O4/c1-4-29-19-9-11-20(12-10-19)30-16(3)21(27)24-25-22(28)17-5-7-18(8-6-17)26-15(2)13-14-23-26/h5-14,16H,4H2,1-3H3,(H,24,27)(H,25,28). The second-order valence-corrected chi connectivity index (χ2v) is 6.54. The molecule has 0 aliphatic heterocycles. The third kappa shape index (κ3) is 5.16. The fourth-order valence-electron chi connectivity index (χ4n) is 2.72. The topological polar surface area (TPSA) is 94.5 Å². The van der Waals surface area contributed by atoms with Crippen LogP contribution in [0.5, 0.6) is 11.5 Å². The molecular weight excluding hydrogens is 384 g/mol. The van der Waals surface area contributed by atoms with Gasteiger partial charge in [0.25, 0.3) is 11.8 Å². The first-order valence-corrected chi connectivity index (χ1v) is 9.58. The van der Waals surface area contributed by atoms with Gasteiger partial charge in [-0.2, -0.15) is 5.10 Å². The zero-order chi connectivity index (χ0) is 21.5. The first kappa shape index (κ1) is 20.9. The number of hydrogen-bond donors (Lipinski definition) is 2. The molecule has 0 saturated carbocycles. The summed E-state index contributed by atoms with van der Waals surface area (Å²) in [6, 6.07) is 15.8. The Morgan fingerprint density at radius 1 is 1.00 bits per heavy atom. The number of amides is 2. The van der Waals surface area contributed by atoms with E-state index >= 15 is 0 Å². The van der Waals surface area contributed by atoms with Crippen LogP contribution in [0.3, 0.4) is 0 Å². The fraction of sp³-hybridized carbons (Fsp3) is 0.227. The van der Waals surface area contributed by atoms with Gasteiger partial charge >= 0.3 is 0 Å². The summed E-state index contributed by atoms with van der Waals surface area (Å²) >= 11 is 0. The zero-order valence-corrected chi connectivity index (χ0v) is 17.1. The predicted octanol–water partition coefficient (Wildman–Crippen LogP) is 2.81. The highest BCUT2D eigenvalue weighted by molar-refractivity contribution is 5.95. The number of ether oxygens (including phenoxy) is 2. The normalized spacial score (nSPS) is 11.4. The predicted molar refractivity (Wildman–Crippen MR) is 112 cm³/mol. The van der Waals surface area contributed by atoms with E-state index in [1.54, 1.807) is 66.3 Å². The van der Waals surface area contributed by atoms with Crippen LogP contribution in [-0.4, -0.2) is 34.3 Å². The molecule has 8 heteroatoms. The number of nitrogens with zero attached hydrogens (tertiary/aromatic N) is 2. The fourth-order valence-corrected chi connectivity index (χ4v) is 2.72. The Hall–Kier alpha value is -3.81. The molecule has 0 fully saturated rings. The van der Waals surface area contributed by atoms with Crippen molar-refractivity contribution in [2.45, 2.75) is 26.9 Å². The summed E-state index contributed by atoms with van der Waals surface area (Å²) in [5.74, 6) is 0.348. The number of nitrogens with one attached hydrogen (secondary N) is 2. The SMILES string of the molecule is CCOc1ccc(OC(C)C(=O)NNC(=O)c2ccc(-n3nccc3C)cc2)cc1. The van der Waals surface area contributed by atoms with E-state index in [0.29, 0.717) is 17.9 Å². The molecule has 156 valence electrons. The lowest BCUT2D eigenvalue weighted by molar-refractivity contribution is -0.128. The van der Waals surface area contributed by atoms with E-state index in [0.717, 1.165) is 17.1 Å². The monoisotopic (exact) mass is 408 g/mol. The van der Waals surface area contributed by atoms with Crippen LogP contribution in [-0.2, 0) is 4.79 Å². The van der Waals surface area contributed by atoms with E-state index in [9.17, 15) is 9.59 Å². The van der Waals surface area contributed by atoms with E-state index in [1.165, 1.54) is 0 Å². The molecule has 1 unspecified atom stereocenters. The summed E-state index contributed by atoms with van der Waals surface area (Å²) in [7, 11) is 0. The highest BCUT2D eigenvalue weighted by atomic mass is 16.5. The van der Waals surface area contributed by atoms with Crippen molar-refractivity contribution < 1.29 is 19.1 Å². The van der Waals surface area contributed by atoms with Crippen LogP contribution >= 0.6 is 0 Å². The second-order valence-electron chi connectivity index (χ2n) is 6.54. The molecule has 0 radical (unpaired) electrons. The number of carbonyl (C=O) groups excluding carboxylic acids is 2. The van der Waals surface area contributed by atoms with E-state index in [-0.39, 0.29) is 0 Å². The van der Waals surface area contributed by atoms with Crippen molar-refractivity contribution in [3.63, 3.8) is 0 Å². The van der Waals surface area contributed by atoms with Gasteiger partial charge in [0, 0.05) is 17.5 Å². The van der Waals surface area contributed by atoms with E-state index in [2.05, 4.69) is 16.0 Å². The third-order valence-electron chi connectivity index (χ3n) is 4.32. The quantitative estimate of drug-likeness (QED) is 0.586. The maximum Gasteiger partial charge on any atom is 0.279 e. The lowest BCUT2D eigenvalue weighted by Gasteiger charge is -2.15. The minimum absolute atomic E-state index is 0.406. The van der Waals surface area contributed by atoms with Crippen LogP contribution in [0.1, 0.15) is 29.9 Å². The Labute approximate surface area is 174 Å². The third-order valence-corrected chi connectivity index (χ3v) is 4.32. The molecule has 1 atom stereocenters. The van der Waals surface area contributed by atoms with Crippen molar-refractivity contribution in [2.75, 3.05) is 6.61 Å². The van der Waals surface area contributed by atoms with Gasteiger partial charge < -0.3 is 9.47 Å². The molecule has 0 aliphatic rings. The van der Waals surface area contributed by atoms with Gasteiger partial charge in [0.05, 0.1) is 12.3 Å². The Bertz CT molecular complexity index is 997. The molecular formula is C22H24N4O4. The molecule has 30 heavy (non-hydrogen) atoms. The smallest absolute Gasteiger partial charge is 0.279 e. The van der Waals surface area contributed by atoms with Crippen molar-refractivity contribution in [1.29, 1.82) is 0 Å². The van der Waals surface area contributed by atoms with Crippen LogP contribution in [0.4, 0.5) is 0 Å². The van der Waals surface area contributed by atoms with Crippen LogP contribution in [0.2, 0.25) is 0 Å². The lowest BCUT2D eigenvalue weighted by Crippen LogP contribution is -2.47. The van der Waals surface area contributed by atoms with Gasteiger partial charge in [0.1, 0.15) is 11.5 Å².